The van der Waals surface area contributed by atoms with Gasteiger partial charge in [0.2, 0.25) is 0 Å². The zero-order valence-corrected chi connectivity index (χ0v) is 7.98. The van der Waals surface area contributed by atoms with Gasteiger partial charge in [-0.3, -0.25) is 4.79 Å². The average molecular weight is 232 g/mol. The second-order valence-electron chi connectivity index (χ2n) is 2.38. The first-order valence-corrected chi connectivity index (χ1v) is 4.07. The highest BCUT2D eigenvalue weighted by Crippen LogP contribution is 2.24. The van der Waals surface area contributed by atoms with Gasteiger partial charge in [0.05, 0.1) is 10.0 Å². The Labute approximate surface area is 77.7 Å². The number of carbonyl (C=O) groups is 1. The van der Waals surface area contributed by atoms with E-state index in [1.807, 2.05) is 0 Å². The zero-order valence-electron chi connectivity index (χ0n) is 6.40. The van der Waals surface area contributed by atoms with Gasteiger partial charge in [0.25, 0.3) is 0 Å². The van der Waals surface area contributed by atoms with Crippen LogP contribution in [0.3, 0.4) is 0 Å². The summed E-state index contributed by atoms with van der Waals surface area (Å²) in [5, 5.41) is 0. The molecule has 0 aliphatic carbocycles. The molecule has 0 heterocycles. The fraction of sp³-hybridized carbons (Fsp3) is 0.125. The highest BCUT2D eigenvalue weighted by molar-refractivity contribution is 9.10. The number of ketones is 1. The van der Waals surface area contributed by atoms with Crippen molar-refractivity contribution >= 4 is 27.4 Å². The molecule has 0 fully saturated rings. The molecule has 1 rings (SSSR count). The molecule has 0 spiro atoms. The SMILES string of the molecule is CC(=O)c1c(N)ccc(Br)c1F. The van der Waals surface area contributed by atoms with Crippen LogP contribution in [0.2, 0.25) is 0 Å². The second-order valence-corrected chi connectivity index (χ2v) is 3.24. The Bertz CT molecular complexity index is 338. The first kappa shape index (κ1) is 9.19. The van der Waals surface area contributed by atoms with Gasteiger partial charge >= 0.3 is 0 Å². The number of hydrogen-bond acceptors (Lipinski definition) is 2. The van der Waals surface area contributed by atoms with Crippen molar-refractivity contribution in [3.63, 3.8) is 0 Å². The summed E-state index contributed by atoms with van der Waals surface area (Å²) in [6, 6.07) is 2.96. The number of rotatable bonds is 1. The van der Waals surface area contributed by atoms with Gasteiger partial charge in [0.1, 0.15) is 5.82 Å². The Kier molecular flexibility index (Phi) is 2.47. The molecule has 0 amide bonds. The van der Waals surface area contributed by atoms with Crippen molar-refractivity contribution in [2.75, 3.05) is 5.73 Å². The van der Waals surface area contributed by atoms with Crippen molar-refractivity contribution in [3.05, 3.63) is 28.0 Å². The lowest BCUT2D eigenvalue weighted by Gasteiger charge is -2.03. The Balaban J connectivity index is 3.43. The van der Waals surface area contributed by atoms with Crippen LogP contribution in [0.25, 0.3) is 0 Å². The summed E-state index contributed by atoms with van der Waals surface area (Å²) in [7, 11) is 0. The fourth-order valence-electron chi connectivity index (χ4n) is 0.923. The molecule has 0 bridgehead atoms. The van der Waals surface area contributed by atoms with Crippen molar-refractivity contribution in [1.82, 2.24) is 0 Å². The van der Waals surface area contributed by atoms with Crippen molar-refractivity contribution in [1.29, 1.82) is 0 Å². The third-order valence-electron chi connectivity index (χ3n) is 1.48. The molecule has 1 aromatic carbocycles. The lowest BCUT2D eigenvalue weighted by Crippen LogP contribution is -2.03. The molecule has 64 valence electrons. The number of hydrogen-bond donors (Lipinski definition) is 1. The van der Waals surface area contributed by atoms with E-state index in [1.165, 1.54) is 19.1 Å². The van der Waals surface area contributed by atoms with Crippen LogP contribution in [0, 0.1) is 5.82 Å². The number of benzene rings is 1. The summed E-state index contributed by atoms with van der Waals surface area (Å²) in [5.41, 5.74) is 5.53. The van der Waals surface area contributed by atoms with Gasteiger partial charge in [-0.15, -0.1) is 0 Å². The van der Waals surface area contributed by atoms with Gasteiger partial charge in [0.15, 0.2) is 5.78 Å². The molecule has 0 aliphatic heterocycles. The first-order valence-electron chi connectivity index (χ1n) is 3.28. The molecule has 2 N–H and O–H groups in total. The van der Waals surface area contributed by atoms with Crippen molar-refractivity contribution < 1.29 is 9.18 Å². The van der Waals surface area contributed by atoms with Crippen LogP contribution in [0.5, 0.6) is 0 Å². The van der Waals surface area contributed by atoms with Crippen molar-refractivity contribution in [3.8, 4) is 0 Å². The summed E-state index contributed by atoms with van der Waals surface area (Å²) in [5.74, 6) is -0.964. The molecular formula is C8H7BrFNO. The maximum absolute atomic E-state index is 13.2. The lowest BCUT2D eigenvalue weighted by molar-refractivity contribution is 0.101. The normalized spacial score (nSPS) is 9.92. The predicted molar refractivity (Wildman–Crippen MR) is 48.5 cm³/mol. The minimum Gasteiger partial charge on any atom is -0.398 e. The van der Waals surface area contributed by atoms with Gasteiger partial charge in [0, 0.05) is 5.69 Å². The zero-order chi connectivity index (χ0) is 9.30. The minimum absolute atomic E-state index is 0.0515. The number of anilines is 1. The van der Waals surface area contributed by atoms with Gasteiger partial charge in [-0.25, -0.2) is 4.39 Å². The quantitative estimate of drug-likeness (QED) is 0.596. The largest absolute Gasteiger partial charge is 0.398 e. The van der Waals surface area contributed by atoms with Gasteiger partial charge in [-0.2, -0.15) is 0 Å². The van der Waals surface area contributed by atoms with Gasteiger partial charge in [-0.1, -0.05) is 0 Å². The average Bonchev–Trinajstić information content (AvgIpc) is 1.97. The number of carbonyl (C=O) groups excluding carboxylic acids is 1. The fourth-order valence-corrected chi connectivity index (χ4v) is 1.25. The van der Waals surface area contributed by atoms with E-state index in [4.69, 9.17) is 5.73 Å². The molecule has 1 aromatic rings. The van der Waals surface area contributed by atoms with E-state index in [1.54, 1.807) is 0 Å². The number of nitrogen functional groups attached to an aromatic ring is 1. The molecule has 0 aromatic heterocycles. The number of nitrogens with two attached hydrogens (primary N) is 1. The Morgan fingerprint density at radius 3 is 2.58 bits per heavy atom. The van der Waals surface area contributed by atoms with E-state index in [9.17, 15) is 9.18 Å². The van der Waals surface area contributed by atoms with E-state index in [2.05, 4.69) is 15.9 Å². The monoisotopic (exact) mass is 231 g/mol. The topological polar surface area (TPSA) is 43.1 Å². The van der Waals surface area contributed by atoms with E-state index in [-0.39, 0.29) is 21.5 Å². The molecule has 0 aliphatic rings. The second kappa shape index (κ2) is 3.23. The highest BCUT2D eigenvalue weighted by Gasteiger charge is 2.13. The third kappa shape index (κ3) is 1.48. The molecule has 0 radical (unpaired) electrons. The van der Waals surface area contributed by atoms with Crippen molar-refractivity contribution in [2.24, 2.45) is 0 Å². The summed E-state index contributed by atoms with van der Waals surface area (Å²) < 4.78 is 13.4. The van der Waals surface area contributed by atoms with E-state index >= 15 is 0 Å². The van der Waals surface area contributed by atoms with E-state index in [0.717, 1.165) is 0 Å². The third-order valence-corrected chi connectivity index (χ3v) is 2.09. The van der Waals surface area contributed by atoms with Crippen LogP contribution in [-0.4, -0.2) is 5.78 Å². The van der Waals surface area contributed by atoms with Crippen LogP contribution in [-0.2, 0) is 0 Å². The lowest BCUT2D eigenvalue weighted by atomic mass is 10.1. The van der Waals surface area contributed by atoms with E-state index in [0.29, 0.717) is 0 Å². The van der Waals surface area contributed by atoms with E-state index < -0.39 is 5.82 Å². The molecule has 0 atom stereocenters. The van der Waals surface area contributed by atoms with Crippen LogP contribution < -0.4 is 5.73 Å². The smallest absolute Gasteiger partial charge is 0.164 e. The van der Waals surface area contributed by atoms with Crippen LogP contribution in [0.15, 0.2) is 16.6 Å². The molecule has 2 nitrogen and oxygen atoms in total. The number of halogens is 2. The first-order chi connectivity index (χ1) is 5.54. The molecule has 0 saturated heterocycles. The highest BCUT2D eigenvalue weighted by atomic mass is 79.9. The van der Waals surface area contributed by atoms with Crippen LogP contribution >= 0.6 is 15.9 Å². The standard InChI is InChI=1S/C8H7BrFNO/c1-4(12)7-6(11)3-2-5(9)8(7)10/h2-3H,11H2,1H3. The molecule has 4 heteroatoms. The summed E-state index contributed by atoms with van der Waals surface area (Å²) >= 11 is 2.97. The molecule has 0 saturated carbocycles. The Hall–Kier alpha value is -0.900. The van der Waals surface area contributed by atoms with Crippen LogP contribution in [0.4, 0.5) is 10.1 Å². The summed E-state index contributed by atoms with van der Waals surface area (Å²) in [6.07, 6.45) is 0. The number of Topliss-reactive ketones (excluding diaryl/α,β-unsaturated/α-hetero) is 1. The molecular weight excluding hydrogens is 225 g/mol. The Morgan fingerprint density at radius 2 is 2.17 bits per heavy atom. The predicted octanol–water partition coefficient (Wildman–Crippen LogP) is 2.37. The van der Waals surface area contributed by atoms with Crippen LogP contribution in [0.1, 0.15) is 17.3 Å². The maximum Gasteiger partial charge on any atom is 0.164 e. The Morgan fingerprint density at radius 1 is 1.58 bits per heavy atom. The van der Waals surface area contributed by atoms with Crippen molar-refractivity contribution in [2.45, 2.75) is 6.92 Å². The maximum atomic E-state index is 13.2. The molecule has 0 unspecified atom stereocenters. The summed E-state index contributed by atoms with van der Waals surface area (Å²) in [6.45, 7) is 1.28. The van der Waals surface area contributed by atoms with Gasteiger partial charge in [-0.05, 0) is 35.0 Å². The summed E-state index contributed by atoms with van der Waals surface area (Å²) in [4.78, 5) is 10.9. The van der Waals surface area contributed by atoms with Gasteiger partial charge < -0.3 is 5.73 Å². The minimum atomic E-state index is -0.595. The molecule has 12 heavy (non-hydrogen) atoms.